The number of aromatic nitrogens is 1. The summed E-state index contributed by atoms with van der Waals surface area (Å²) >= 11 is 0. The molecule has 0 bridgehead atoms. The van der Waals surface area contributed by atoms with E-state index in [9.17, 15) is 4.79 Å². The molecule has 18 heavy (non-hydrogen) atoms. The largest absolute Gasteiger partial charge is 0.350 e. The van der Waals surface area contributed by atoms with Gasteiger partial charge in [-0.05, 0) is 26.3 Å². The molecule has 96 valence electrons. The number of carbonyl (C=O) groups excluding carboxylic acids is 1. The molecule has 0 radical (unpaired) electrons. The average molecular weight is 244 g/mol. The minimum Gasteiger partial charge on any atom is -0.350 e. The number of amides is 1. The molecule has 1 heterocycles. The van der Waals surface area contributed by atoms with Crippen LogP contribution in [0.25, 0.3) is 10.9 Å². The lowest BCUT2D eigenvalue weighted by atomic mass is 10.0. The van der Waals surface area contributed by atoms with Gasteiger partial charge in [0.2, 0.25) is 0 Å². The number of rotatable bonds is 3. The highest BCUT2D eigenvalue weighted by Gasteiger charge is 2.21. The van der Waals surface area contributed by atoms with Crippen molar-refractivity contribution in [3.8, 4) is 0 Å². The van der Waals surface area contributed by atoms with Crippen LogP contribution in [0.5, 0.6) is 0 Å². The Hall–Kier alpha value is -1.77. The van der Waals surface area contributed by atoms with Crippen molar-refractivity contribution in [3.05, 3.63) is 36.0 Å². The van der Waals surface area contributed by atoms with Crippen LogP contribution in [0.1, 0.15) is 37.6 Å². The van der Waals surface area contributed by atoms with Crippen molar-refractivity contribution in [1.82, 2.24) is 9.88 Å². The van der Waals surface area contributed by atoms with Crippen LogP contribution in [0.2, 0.25) is 0 Å². The Balaban J connectivity index is 2.40. The van der Waals surface area contributed by atoms with E-state index in [-0.39, 0.29) is 11.4 Å². The van der Waals surface area contributed by atoms with Gasteiger partial charge in [0, 0.05) is 29.7 Å². The van der Waals surface area contributed by atoms with Crippen LogP contribution in [-0.4, -0.2) is 16.0 Å². The maximum atomic E-state index is 12.3. The Kier molecular flexibility index (Phi) is 3.16. The third-order valence-electron chi connectivity index (χ3n) is 3.48. The third-order valence-corrected chi connectivity index (χ3v) is 3.48. The second kappa shape index (κ2) is 4.48. The van der Waals surface area contributed by atoms with Crippen molar-refractivity contribution in [2.75, 3.05) is 0 Å². The Morgan fingerprint density at radius 1 is 1.33 bits per heavy atom. The molecule has 1 amide bonds. The fourth-order valence-corrected chi connectivity index (χ4v) is 1.99. The van der Waals surface area contributed by atoms with Gasteiger partial charge in [0.25, 0.3) is 5.91 Å². The minimum atomic E-state index is -0.173. The monoisotopic (exact) mass is 244 g/mol. The van der Waals surface area contributed by atoms with Gasteiger partial charge in [0.15, 0.2) is 0 Å². The highest BCUT2D eigenvalue weighted by atomic mass is 16.1. The molecule has 0 saturated carbocycles. The Bertz CT molecular complexity index is 581. The van der Waals surface area contributed by atoms with Crippen molar-refractivity contribution in [2.24, 2.45) is 7.05 Å². The van der Waals surface area contributed by atoms with Gasteiger partial charge in [-0.1, -0.05) is 25.1 Å². The summed E-state index contributed by atoms with van der Waals surface area (Å²) in [6, 6.07) is 7.96. The van der Waals surface area contributed by atoms with Crippen molar-refractivity contribution >= 4 is 16.8 Å². The summed E-state index contributed by atoms with van der Waals surface area (Å²) in [5.74, 6) is -0.00125. The molecular formula is C15H20N2O. The van der Waals surface area contributed by atoms with Crippen LogP contribution in [0.15, 0.2) is 30.5 Å². The first-order chi connectivity index (χ1) is 8.44. The maximum Gasteiger partial charge on any atom is 0.253 e. The van der Waals surface area contributed by atoms with Gasteiger partial charge in [-0.25, -0.2) is 0 Å². The van der Waals surface area contributed by atoms with E-state index in [2.05, 4.69) is 12.2 Å². The lowest BCUT2D eigenvalue weighted by molar-refractivity contribution is 0.0913. The topological polar surface area (TPSA) is 34.0 Å². The second-order valence-corrected chi connectivity index (χ2v) is 5.36. The highest BCUT2D eigenvalue weighted by molar-refractivity contribution is 6.07. The lowest BCUT2D eigenvalue weighted by Crippen LogP contribution is -2.42. The molecule has 1 aromatic carbocycles. The molecule has 0 fully saturated rings. The number of hydrogen-bond donors (Lipinski definition) is 1. The summed E-state index contributed by atoms with van der Waals surface area (Å²) in [6.07, 6.45) is 2.80. The normalized spacial score (nSPS) is 11.8. The van der Waals surface area contributed by atoms with Gasteiger partial charge in [-0.2, -0.15) is 0 Å². The molecule has 1 aromatic heterocycles. The number of nitrogens with zero attached hydrogens (tertiary/aromatic N) is 1. The summed E-state index contributed by atoms with van der Waals surface area (Å²) in [7, 11) is 1.96. The van der Waals surface area contributed by atoms with Crippen molar-refractivity contribution in [3.63, 3.8) is 0 Å². The molecule has 0 aliphatic carbocycles. The van der Waals surface area contributed by atoms with E-state index in [1.54, 1.807) is 0 Å². The Morgan fingerprint density at radius 3 is 2.67 bits per heavy atom. The number of fused-ring (bicyclic) bond motifs is 1. The molecule has 3 heteroatoms. The molecule has 0 aliphatic rings. The fraction of sp³-hybridized carbons (Fsp3) is 0.400. The van der Waals surface area contributed by atoms with Gasteiger partial charge in [0.1, 0.15) is 0 Å². The van der Waals surface area contributed by atoms with E-state index < -0.39 is 0 Å². The van der Waals surface area contributed by atoms with E-state index in [1.807, 2.05) is 55.9 Å². The van der Waals surface area contributed by atoms with Crippen LogP contribution in [-0.2, 0) is 7.05 Å². The second-order valence-electron chi connectivity index (χ2n) is 5.36. The number of nitrogens with one attached hydrogen (secondary N) is 1. The quantitative estimate of drug-likeness (QED) is 0.884. The van der Waals surface area contributed by atoms with Gasteiger partial charge in [-0.15, -0.1) is 0 Å². The molecule has 3 nitrogen and oxygen atoms in total. The molecular weight excluding hydrogens is 224 g/mol. The third kappa shape index (κ3) is 2.26. The van der Waals surface area contributed by atoms with Crippen molar-refractivity contribution < 1.29 is 4.79 Å². The lowest BCUT2D eigenvalue weighted by Gasteiger charge is -2.24. The average Bonchev–Trinajstić information content (AvgIpc) is 2.67. The van der Waals surface area contributed by atoms with Crippen LogP contribution in [0, 0.1) is 0 Å². The number of benzene rings is 1. The molecule has 2 aromatic rings. The van der Waals surface area contributed by atoms with Crippen molar-refractivity contribution in [1.29, 1.82) is 0 Å². The summed E-state index contributed by atoms with van der Waals surface area (Å²) in [6.45, 7) is 6.15. The predicted molar refractivity (Wildman–Crippen MR) is 74.8 cm³/mol. The molecule has 1 N–H and O–H groups in total. The zero-order chi connectivity index (χ0) is 13.3. The molecule has 0 unspecified atom stereocenters. The molecule has 2 rings (SSSR count). The summed E-state index contributed by atoms with van der Waals surface area (Å²) < 4.78 is 1.99. The Labute approximate surface area is 108 Å². The highest BCUT2D eigenvalue weighted by Crippen LogP contribution is 2.21. The fourth-order valence-electron chi connectivity index (χ4n) is 1.99. The van der Waals surface area contributed by atoms with Crippen LogP contribution < -0.4 is 5.32 Å². The molecule has 0 saturated heterocycles. The van der Waals surface area contributed by atoms with Gasteiger partial charge in [0.05, 0.1) is 5.56 Å². The van der Waals surface area contributed by atoms with E-state index in [0.29, 0.717) is 0 Å². The van der Waals surface area contributed by atoms with E-state index in [1.165, 1.54) is 0 Å². The van der Waals surface area contributed by atoms with Crippen LogP contribution in [0.3, 0.4) is 0 Å². The number of hydrogen-bond acceptors (Lipinski definition) is 1. The predicted octanol–water partition coefficient (Wildman–Crippen LogP) is 3.10. The maximum absolute atomic E-state index is 12.3. The van der Waals surface area contributed by atoms with E-state index in [0.717, 1.165) is 22.9 Å². The van der Waals surface area contributed by atoms with Gasteiger partial charge in [-0.3, -0.25) is 4.79 Å². The van der Waals surface area contributed by atoms with E-state index >= 15 is 0 Å². The zero-order valence-electron chi connectivity index (χ0n) is 11.4. The number of para-hydroxylation sites is 1. The molecule has 0 atom stereocenters. The Morgan fingerprint density at radius 2 is 2.00 bits per heavy atom. The van der Waals surface area contributed by atoms with Crippen LogP contribution in [0.4, 0.5) is 0 Å². The molecule has 0 aliphatic heterocycles. The summed E-state index contributed by atoms with van der Waals surface area (Å²) in [5.41, 5.74) is 1.65. The zero-order valence-corrected chi connectivity index (χ0v) is 11.4. The standard InChI is InChI=1S/C15H20N2O/c1-5-15(2,3)16-14(18)12-10-17(4)13-9-7-6-8-11(12)13/h6-10H,5H2,1-4H3,(H,16,18). The first-order valence-electron chi connectivity index (χ1n) is 6.31. The summed E-state index contributed by atoms with van der Waals surface area (Å²) in [4.78, 5) is 12.3. The molecule has 0 spiro atoms. The van der Waals surface area contributed by atoms with Gasteiger partial charge >= 0.3 is 0 Å². The minimum absolute atomic E-state index is 0.00125. The summed E-state index contributed by atoms with van der Waals surface area (Å²) in [5, 5.41) is 4.08. The van der Waals surface area contributed by atoms with Crippen molar-refractivity contribution in [2.45, 2.75) is 32.7 Å². The smallest absolute Gasteiger partial charge is 0.253 e. The van der Waals surface area contributed by atoms with Crippen LogP contribution >= 0.6 is 0 Å². The number of carbonyl (C=O) groups is 1. The van der Waals surface area contributed by atoms with E-state index in [4.69, 9.17) is 0 Å². The SMILES string of the molecule is CCC(C)(C)NC(=O)c1cn(C)c2ccccc12. The first-order valence-corrected chi connectivity index (χ1v) is 6.31. The number of aryl methyl sites for hydroxylation is 1. The van der Waals surface area contributed by atoms with Gasteiger partial charge < -0.3 is 9.88 Å². The first kappa shape index (κ1) is 12.7.